The maximum absolute atomic E-state index is 15.5. The molecule has 4 saturated carbocycles. The third-order valence-corrected chi connectivity index (χ3v) is 24.3. The largest absolute Gasteiger partial charge is 0.432 e. The summed E-state index contributed by atoms with van der Waals surface area (Å²) in [5.74, 6) is -1.33. The van der Waals surface area contributed by atoms with Crippen molar-refractivity contribution in [3.63, 3.8) is 0 Å². The van der Waals surface area contributed by atoms with E-state index in [1.165, 1.54) is 6.92 Å². The molecule has 6 aliphatic heterocycles. The molecule has 11 aliphatic rings. The van der Waals surface area contributed by atoms with Crippen molar-refractivity contribution in [1.82, 2.24) is 0 Å². The fraction of sp³-hybridized carbons (Fsp3) is 0.952. The highest BCUT2D eigenvalue weighted by molar-refractivity contribution is 5.79. The van der Waals surface area contributed by atoms with E-state index in [0.717, 1.165) is 5.57 Å². The lowest BCUT2D eigenvalue weighted by Crippen LogP contribution is -2.70. The Bertz CT molecular complexity index is 2610. The maximum atomic E-state index is 15.5. The summed E-state index contributed by atoms with van der Waals surface area (Å²) in [4.78, 5) is 15.5. The summed E-state index contributed by atoms with van der Waals surface area (Å²) in [6.07, 6.45) is -34.9. The molecule has 0 aromatic heterocycles. The van der Waals surface area contributed by atoms with Crippen molar-refractivity contribution in [2.45, 2.75) is 272 Å². The van der Waals surface area contributed by atoms with Crippen LogP contribution in [0.4, 0.5) is 0 Å². The fourth-order valence-electron chi connectivity index (χ4n) is 18.5. The minimum Gasteiger partial charge on any atom is -0.432 e. The number of esters is 1. The number of ether oxygens (including phenoxy) is 12. The first-order chi connectivity index (χ1) is 43.2. The molecule has 35 atom stereocenters. The molecule has 6 heterocycles. The Labute approximate surface area is 532 Å². The van der Waals surface area contributed by atoms with Crippen LogP contribution in [0.3, 0.4) is 0 Å². The van der Waals surface area contributed by atoms with Gasteiger partial charge in [0, 0.05) is 5.41 Å². The lowest BCUT2D eigenvalue weighted by molar-refractivity contribution is -0.372. The van der Waals surface area contributed by atoms with Crippen molar-refractivity contribution in [2.75, 3.05) is 46.2 Å². The molecule has 5 aliphatic carbocycles. The van der Waals surface area contributed by atoms with Crippen LogP contribution in [0.5, 0.6) is 0 Å². The third-order valence-electron chi connectivity index (χ3n) is 24.3. The molecule has 30 heteroatoms. The molecule has 0 amide bonds. The van der Waals surface area contributed by atoms with E-state index in [9.17, 15) is 86.8 Å². The Balaban J connectivity index is 0.785. The predicted molar refractivity (Wildman–Crippen MR) is 305 cm³/mol. The maximum Gasteiger partial charge on any atom is 0.315 e. The molecule has 17 N–H and O–H groups in total. The minimum atomic E-state index is -2.07. The third kappa shape index (κ3) is 11.9. The number of aliphatic hydroxyl groups is 17. The molecule has 0 aromatic rings. The van der Waals surface area contributed by atoms with E-state index in [-0.39, 0.29) is 29.6 Å². The molecule has 30 nitrogen and oxygen atoms in total. The zero-order valence-electron chi connectivity index (χ0n) is 53.0. The first-order valence-corrected chi connectivity index (χ1v) is 32.5. The molecule has 11 rings (SSSR count). The Hall–Kier alpha value is -1.91. The van der Waals surface area contributed by atoms with Crippen molar-refractivity contribution >= 4 is 5.97 Å². The number of carbonyl (C=O) groups excluding carboxylic acids is 1. The van der Waals surface area contributed by atoms with Crippen LogP contribution in [0.1, 0.15) is 106 Å². The molecule has 6 saturated heterocycles. The van der Waals surface area contributed by atoms with Crippen LogP contribution < -0.4 is 0 Å². The van der Waals surface area contributed by atoms with E-state index < -0.39 is 245 Å². The smallest absolute Gasteiger partial charge is 0.315 e. The molecule has 0 aromatic carbocycles. The molecule has 528 valence electrons. The second-order valence-electron chi connectivity index (χ2n) is 30.2. The summed E-state index contributed by atoms with van der Waals surface area (Å²) in [5, 5.41) is 187. The van der Waals surface area contributed by atoms with Crippen LogP contribution in [0.15, 0.2) is 11.6 Å². The highest BCUT2D eigenvalue weighted by atomic mass is 16.8. The highest BCUT2D eigenvalue weighted by Gasteiger charge is 2.72. The zero-order chi connectivity index (χ0) is 66.9. The van der Waals surface area contributed by atoms with Gasteiger partial charge in [-0.2, -0.15) is 0 Å². The van der Waals surface area contributed by atoms with E-state index in [0.29, 0.717) is 51.4 Å². The van der Waals surface area contributed by atoms with Crippen LogP contribution >= 0.6 is 0 Å². The van der Waals surface area contributed by atoms with E-state index in [2.05, 4.69) is 40.7 Å². The molecule has 0 radical (unpaired) electrons. The van der Waals surface area contributed by atoms with E-state index in [4.69, 9.17) is 56.8 Å². The van der Waals surface area contributed by atoms with Crippen molar-refractivity contribution < 1.29 is 148 Å². The van der Waals surface area contributed by atoms with Gasteiger partial charge in [0.05, 0.1) is 70.0 Å². The molecular weight excluding hydrogens is 1220 g/mol. The zero-order valence-corrected chi connectivity index (χ0v) is 53.0. The van der Waals surface area contributed by atoms with Gasteiger partial charge in [0.2, 0.25) is 6.29 Å². The van der Waals surface area contributed by atoms with Gasteiger partial charge in [-0.3, -0.25) is 4.79 Å². The number of allylic oxidation sites excluding steroid dienone is 2. The quantitative estimate of drug-likeness (QED) is 0.0415. The predicted octanol–water partition coefficient (Wildman–Crippen LogP) is -4.86. The van der Waals surface area contributed by atoms with E-state index in [1.807, 2.05) is 6.92 Å². The van der Waals surface area contributed by atoms with Gasteiger partial charge in [-0.1, -0.05) is 53.2 Å². The molecular formula is C62H100O30. The van der Waals surface area contributed by atoms with Crippen LogP contribution in [0.2, 0.25) is 0 Å². The van der Waals surface area contributed by atoms with Crippen molar-refractivity contribution in [2.24, 2.45) is 50.2 Å². The Kier molecular flexibility index (Phi) is 20.4. The second-order valence-corrected chi connectivity index (χ2v) is 30.2. The summed E-state index contributed by atoms with van der Waals surface area (Å²) in [5.41, 5.74) is -5.06. The van der Waals surface area contributed by atoms with Crippen LogP contribution in [-0.2, 0) is 61.6 Å². The fourth-order valence-corrected chi connectivity index (χ4v) is 18.5. The lowest BCUT2D eigenvalue weighted by Gasteiger charge is -2.72. The van der Waals surface area contributed by atoms with E-state index >= 15 is 4.79 Å². The van der Waals surface area contributed by atoms with Gasteiger partial charge in [0.25, 0.3) is 0 Å². The number of carbonyl (C=O) groups is 1. The van der Waals surface area contributed by atoms with Crippen molar-refractivity contribution in [3.05, 3.63) is 11.6 Å². The second kappa shape index (κ2) is 26.3. The van der Waals surface area contributed by atoms with Crippen molar-refractivity contribution in [3.8, 4) is 0 Å². The Morgan fingerprint density at radius 2 is 1.13 bits per heavy atom. The van der Waals surface area contributed by atoms with Crippen LogP contribution in [0.25, 0.3) is 0 Å². The first-order valence-electron chi connectivity index (χ1n) is 32.5. The molecule has 10 fully saturated rings. The van der Waals surface area contributed by atoms with Gasteiger partial charge in [-0.05, 0) is 104 Å². The average Bonchev–Trinajstić information content (AvgIpc) is 0.730. The molecule has 92 heavy (non-hydrogen) atoms. The van der Waals surface area contributed by atoms with Crippen LogP contribution in [-0.4, -0.2) is 304 Å². The average molecular weight is 1330 g/mol. The normalized spacial score (nSPS) is 55.3. The highest BCUT2D eigenvalue weighted by Crippen LogP contribution is 2.76. The number of aliphatic hydroxyl groups excluding tert-OH is 16. The van der Waals surface area contributed by atoms with Gasteiger partial charge < -0.3 is 144 Å². The molecule has 0 unspecified atom stereocenters. The van der Waals surface area contributed by atoms with Crippen LogP contribution in [0, 0.1) is 50.2 Å². The minimum absolute atomic E-state index is 0.0832. The monoisotopic (exact) mass is 1320 g/mol. The number of hydrogen-bond donors (Lipinski definition) is 17. The topological polar surface area (TPSA) is 472 Å². The number of rotatable bonds is 15. The summed E-state index contributed by atoms with van der Waals surface area (Å²) in [6.45, 7) is 10.3. The standard InChI is InChI=1S/C62H100O30/c1-25-43(87-50-41(76)44(31(69)21-82-50)88-54-47(78)62(80,23-65)24-84-54)38(73)40(75)51(85-25)90-46-36(71)30(68)20-83-53(46)92-55(79)61-14-12-56(2,3)16-27(61)26-8-9-34-57(4)17-28(66)48(58(5,22-64)33(57)10-11-60(34,7)59(26,6)13-15-61)91-52-42(77)45(37(72)32(18-63)86-52)89-49-39(74)35(70)29(67)19-81-49/h8,25,27-54,63-78,80H,9-24H2,1-7H3/t25-,27+,28-,29+,30-,31+,32+,33+,34+,35-,36+,37+,38-,39+,40-,41+,42+,43-,44-,45-,46+,47-,48-,49-,50-,51-,52-,53-,54-,57-,58-,59+,60+,61-,62+/m0/s1. The summed E-state index contributed by atoms with van der Waals surface area (Å²) in [6, 6.07) is 0. The summed E-state index contributed by atoms with van der Waals surface area (Å²) < 4.78 is 70.6. The SMILES string of the molecule is C[C@@H]1O[C@@H](O[C@H]2[C@H](OC(=O)[C@]34CCC(C)(C)C[C@@H]3C3=CC[C@@H]5[C@@]6(C)C[C@H](O)[C@H](O[C@@H]7O[C@H](CO)[C@@H](O)[C@H](O[C@@H]8OC[C@@H](O)[C@H](O)[C@H]8O)[C@H]7O)[C@@](C)(CO)[C@@H]6CC[C@@]5(C)[C@]3(C)CC4)OC[C@H](O)[C@H]2O)[C@@H](O)[C@H](O)[C@H]1O[C@@H]1OC[C@@H](O)[C@H](O[C@@H]2OC[C@](O)(CO)[C@H]2O)[C@H]1O. The van der Waals surface area contributed by atoms with Gasteiger partial charge in [-0.25, -0.2) is 0 Å². The van der Waals surface area contributed by atoms with E-state index in [1.54, 1.807) is 0 Å². The lowest BCUT2D eigenvalue weighted by atomic mass is 9.33. The van der Waals surface area contributed by atoms with Gasteiger partial charge in [0.15, 0.2) is 37.6 Å². The number of fused-ring (bicyclic) bond motifs is 7. The Morgan fingerprint density at radius 1 is 0.543 bits per heavy atom. The summed E-state index contributed by atoms with van der Waals surface area (Å²) >= 11 is 0. The van der Waals surface area contributed by atoms with Gasteiger partial charge in [0.1, 0.15) is 103 Å². The number of hydrogen-bond acceptors (Lipinski definition) is 30. The summed E-state index contributed by atoms with van der Waals surface area (Å²) in [7, 11) is 0. The molecule has 0 bridgehead atoms. The van der Waals surface area contributed by atoms with Crippen molar-refractivity contribution in [1.29, 1.82) is 0 Å². The Morgan fingerprint density at radius 3 is 1.79 bits per heavy atom. The molecule has 0 spiro atoms. The van der Waals surface area contributed by atoms with Gasteiger partial charge >= 0.3 is 5.97 Å². The first kappa shape index (κ1) is 71.4. The van der Waals surface area contributed by atoms with Gasteiger partial charge in [-0.15, -0.1) is 0 Å².